The van der Waals surface area contributed by atoms with Crippen molar-refractivity contribution in [3.8, 4) is 0 Å². The number of nitrogens with one attached hydrogen (secondary N) is 3. The minimum atomic E-state index is -0.678. The molecule has 0 fully saturated rings. The van der Waals surface area contributed by atoms with E-state index in [0.29, 0.717) is 24.6 Å². The molecule has 3 N–H and O–H groups in total. The van der Waals surface area contributed by atoms with Crippen LogP contribution in [-0.4, -0.2) is 29.5 Å². The van der Waals surface area contributed by atoms with E-state index >= 15 is 0 Å². The Labute approximate surface area is 148 Å². The number of pyridine rings is 1. The van der Waals surface area contributed by atoms with Crippen LogP contribution in [0.4, 0.5) is 10.5 Å². The van der Waals surface area contributed by atoms with E-state index in [1.807, 2.05) is 44.2 Å². The lowest BCUT2D eigenvalue weighted by Crippen LogP contribution is -2.49. The van der Waals surface area contributed by atoms with Crippen LogP contribution >= 0.6 is 0 Å². The number of anilines is 1. The van der Waals surface area contributed by atoms with Crippen LogP contribution in [0.1, 0.15) is 19.4 Å². The Hall–Kier alpha value is -2.89. The van der Waals surface area contributed by atoms with Gasteiger partial charge in [0, 0.05) is 31.0 Å². The summed E-state index contributed by atoms with van der Waals surface area (Å²) in [5, 5.41) is 8.35. The molecule has 0 aliphatic heterocycles. The molecule has 1 aromatic heterocycles. The van der Waals surface area contributed by atoms with Gasteiger partial charge in [0.2, 0.25) is 5.91 Å². The van der Waals surface area contributed by atoms with E-state index in [4.69, 9.17) is 0 Å². The quantitative estimate of drug-likeness (QED) is 0.724. The number of urea groups is 1. The van der Waals surface area contributed by atoms with Gasteiger partial charge in [-0.15, -0.1) is 0 Å². The first-order valence-electron chi connectivity index (χ1n) is 8.34. The van der Waals surface area contributed by atoms with Crippen LogP contribution in [-0.2, 0) is 11.2 Å². The average Bonchev–Trinajstić information content (AvgIpc) is 2.61. The number of carbonyl (C=O) groups excluding carboxylic acids is 2. The Morgan fingerprint density at radius 1 is 1.04 bits per heavy atom. The zero-order valence-corrected chi connectivity index (χ0v) is 14.5. The predicted octanol–water partition coefficient (Wildman–Crippen LogP) is 2.59. The maximum Gasteiger partial charge on any atom is 0.315 e. The molecule has 0 aliphatic carbocycles. The van der Waals surface area contributed by atoms with Gasteiger partial charge in [0.15, 0.2) is 0 Å². The molecule has 0 spiro atoms. The third-order valence-corrected chi connectivity index (χ3v) is 3.52. The first-order chi connectivity index (χ1) is 12.0. The molecule has 0 aliphatic rings. The lowest BCUT2D eigenvalue weighted by Gasteiger charge is -2.19. The summed E-state index contributed by atoms with van der Waals surface area (Å²) in [6.45, 7) is 4.58. The molecule has 0 saturated heterocycles. The number of hydrogen-bond donors (Lipinski definition) is 3. The highest BCUT2D eigenvalue weighted by atomic mass is 16.2. The van der Waals surface area contributed by atoms with Gasteiger partial charge >= 0.3 is 6.03 Å². The van der Waals surface area contributed by atoms with Gasteiger partial charge in [0.1, 0.15) is 6.04 Å². The normalized spacial score (nSPS) is 11.6. The molecular formula is C19H24N4O2. The average molecular weight is 340 g/mol. The van der Waals surface area contributed by atoms with E-state index in [1.54, 1.807) is 24.5 Å². The Morgan fingerprint density at radius 3 is 2.36 bits per heavy atom. The van der Waals surface area contributed by atoms with Crippen LogP contribution in [0, 0.1) is 5.92 Å². The monoisotopic (exact) mass is 340 g/mol. The van der Waals surface area contributed by atoms with Crippen molar-refractivity contribution in [3.05, 3.63) is 60.4 Å². The van der Waals surface area contributed by atoms with Crippen molar-refractivity contribution in [2.24, 2.45) is 5.92 Å². The third-order valence-electron chi connectivity index (χ3n) is 3.52. The molecule has 1 atom stereocenters. The molecule has 2 rings (SSSR count). The maximum absolute atomic E-state index is 12.6. The van der Waals surface area contributed by atoms with E-state index in [1.165, 1.54) is 0 Å². The fourth-order valence-electron chi connectivity index (χ4n) is 2.23. The van der Waals surface area contributed by atoms with Gasteiger partial charge in [-0.1, -0.05) is 44.2 Å². The molecule has 1 heterocycles. The summed E-state index contributed by atoms with van der Waals surface area (Å²) in [6.07, 6.45) is 3.61. The first kappa shape index (κ1) is 18.4. The highest BCUT2D eigenvalue weighted by Crippen LogP contribution is 2.08. The van der Waals surface area contributed by atoms with Crippen LogP contribution in [0.25, 0.3) is 0 Å². The van der Waals surface area contributed by atoms with Crippen molar-refractivity contribution < 1.29 is 9.59 Å². The van der Waals surface area contributed by atoms with Gasteiger partial charge in [-0.2, -0.15) is 0 Å². The third kappa shape index (κ3) is 6.63. The highest BCUT2D eigenvalue weighted by molar-refractivity contribution is 5.97. The lowest BCUT2D eigenvalue weighted by molar-refractivity contribution is -0.117. The van der Waals surface area contributed by atoms with Crippen LogP contribution in [0.3, 0.4) is 0 Å². The van der Waals surface area contributed by atoms with Crippen LogP contribution in [0.5, 0.6) is 0 Å². The summed E-state index contributed by atoms with van der Waals surface area (Å²) in [6, 6.07) is 12.0. The van der Waals surface area contributed by atoms with Crippen LogP contribution in [0.15, 0.2) is 54.9 Å². The number of nitrogens with zero attached hydrogens (tertiary/aromatic N) is 1. The number of hydrogen-bond acceptors (Lipinski definition) is 3. The fraction of sp³-hybridized carbons (Fsp3) is 0.316. The summed E-state index contributed by atoms with van der Waals surface area (Å²) in [4.78, 5) is 28.6. The first-order valence-corrected chi connectivity index (χ1v) is 8.34. The maximum atomic E-state index is 12.6. The second-order valence-electron chi connectivity index (χ2n) is 6.22. The van der Waals surface area contributed by atoms with Crippen LogP contribution < -0.4 is 16.0 Å². The predicted molar refractivity (Wildman–Crippen MR) is 98.2 cm³/mol. The highest BCUT2D eigenvalue weighted by Gasteiger charge is 2.21. The zero-order valence-electron chi connectivity index (χ0n) is 14.5. The van der Waals surface area contributed by atoms with Crippen molar-refractivity contribution in [3.63, 3.8) is 0 Å². The second kappa shape index (κ2) is 9.42. The van der Waals surface area contributed by atoms with E-state index < -0.39 is 6.04 Å². The summed E-state index contributed by atoms with van der Waals surface area (Å²) in [5.41, 5.74) is 1.61. The smallest absolute Gasteiger partial charge is 0.315 e. The summed E-state index contributed by atoms with van der Waals surface area (Å²) >= 11 is 0. The Balaban J connectivity index is 2.05. The molecule has 132 valence electrons. The van der Waals surface area contributed by atoms with Crippen LogP contribution in [0.2, 0.25) is 0 Å². The topological polar surface area (TPSA) is 83.1 Å². The molecule has 3 amide bonds. The van der Waals surface area contributed by atoms with Gasteiger partial charge in [-0.25, -0.2) is 4.79 Å². The van der Waals surface area contributed by atoms with Crippen molar-refractivity contribution in [1.29, 1.82) is 0 Å². The van der Waals surface area contributed by atoms with Crippen molar-refractivity contribution in [1.82, 2.24) is 15.6 Å². The molecule has 25 heavy (non-hydrogen) atoms. The molecule has 6 heteroatoms. The van der Waals surface area contributed by atoms with E-state index in [0.717, 1.165) is 5.56 Å². The SMILES string of the molecule is CC(C)CNC(=O)N[C@@H](Cc1ccccc1)C(=O)Nc1ccncc1. The lowest BCUT2D eigenvalue weighted by atomic mass is 10.1. The second-order valence-corrected chi connectivity index (χ2v) is 6.22. The largest absolute Gasteiger partial charge is 0.338 e. The Bertz CT molecular complexity index is 674. The summed E-state index contributed by atoms with van der Waals surface area (Å²) in [5.74, 6) is 0.0683. The Kier molecular flexibility index (Phi) is 6.95. The summed E-state index contributed by atoms with van der Waals surface area (Å²) in [7, 11) is 0. The van der Waals surface area contributed by atoms with E-state index in [9.17, 15) is 9.59 Å². The zero-order chi connectivity index (χ0) is 18.1. The van der Waals surface area contributed by atoms with Gasteiger partial charge in [0.25, 0.3) is 0 Å². The molecule has 6 nitrogen and oxygen atoms in total. The summed E-state index contributed by atoms with van der Waals surface area (Å²) < 4.78 is 0. The van der Waals surface area contributed by atoms with E-state index in [2.05, 4.69) is 20.9 Å². The minimum absolute atomic E-state index is 0.269. The number of carbonyl (C=O) groups is 2. The molecular weight excluding hydrogens is 316 g/mol. The molecule has 0 saturated carbocycles. The molecule has 0 radical (unpaired) electrons. The van der Waals surface area contributed by atoms with Gasteiger partial charge in [0.05, 0.1) is 0 Å². The standard InChI is InChI=1S/C19H24N4O2/c1-14(2)13-21-19(25)23-17(12-15-6-4-3-5-7-15)18(24)22-16-8-10-20-11-9-16/h3-11,14,17H,12-13H2,1-2H3,(H,20,22,24)(H2,21,23,25)/t17-/m0/s1. The fourth-order valence-corrected chi connectivity index (χ4v) is 2.23. The van der Waals surface area contributed by atoms with E-state index in [-0.39, 0.29) is 11.9 Å². The van der Waals surface area contributed by atoms with Crippen molar-refractivity contribution in [2.45, 2.75) is 26.3 Å². The Morgan fingerprint density at radius 2 is 1.72 bits per heavy atom. The molecule has 0 unspecified atom stereocenters. The van der Waals surface area contributed by atoms with Gasteiger partial charge in [-0.05, 0) is 23.6 Å². The van der Waals surface area contributed by atoms with Crippen molar-refractivity contribution >= 4 is 17.6 Å². The molecule has 1 aromatic carbocycles. The number of rotatable bonds is 7. The number of aromatic nitrogens is 1. The molecule has 0 bridgehead atoms. The van der Waals surface area contributed by atoms with Crippen molar-refractivity contribution in [2.75, 3.05) is 11.9 Å². The van der Waals surface area contributed by atoms with Gasteiger partial charge in [-0.3, -0.25) is 9.78 Å². The molecule has 2 aromatic rings. The minimum Gasteiger partial charge on any atom is -0.338 e. The number of benzene rings is 1. The van der Waals surface area contributed by atoms with Gasteiger partial charge < -0.3 is 16.0 Å². The number of amides is 3.